The van der Waals surface area contributed by atoms with E-state index < -0.39 is 0 Å². The van der Waals surface area contributed by atoms with Gasteiger partial charge in [-0.25, -0.2) is 4.68 Å². The van der Waals surface area contributed by atoms with Gasteiger partial charge in [-0.2, -0.15) is 0 Å². The Balaban J connectivity index is 1.31. The number of hydrogen-bond acceptors (Lipinski definition) is 6. The predicted octanol–water partition coefficient (Wildman–Crippen LogP) is 2.40. The first-order valence-electron chi connectivity index (χ1n) is 8.73. The molecule has 1 aliphatic rings. The minimum Gasteiger partial charge on any atom is -0.339 e. The molecule has 9 heteroatoms. The number of piperazine rings is 1. The number of halogens is 1. The van der Waals surface area contributed by atoms with Crippen LogP contribution in [0.15, 0.2) is 42.7 Å². The second-order valence-electron chi connectivity index (χ2n) is 6.41. The Kier molecular flexibility index (Phi) is 5.47. The molecule has 7 nitrogen and oxygen atoms in total. The van der Waals surface area contributed by atoms with Crippen molar-refractivity contribution in [3.63, 3.8) is 0 Å². The molecule has 0 spiro atoms. The minimum atomic E-state index is 0.0547. The molecule has 0 bridgehead atoms. The molecule has 27 heavy (non-hydrogen) atoms. The van der Waals surface area contributed by atoms with Crippen LogP contribution in [0.3, 0.4) is 0 Å². The van der Waals surface area contributed by atoms with Crippen LogP contribution in [0.25, 0.3) is 10.4 Å². The highest BCUT2D eigenvalue weighted by molar-refractivity contribution is 7.15. The van der Waals surface area contributed by atoms with Gasteiger partial charge < -0.3 is 4.90 Å². The number of nitrogens with zero attached hydrogens (tertiary/aromatic N) is 6. The molecule has 1 amide bonds. The molecule has 2 aromatic heterocycles. The normalized spacial score (nSPS) is 15.2. The van der Waals surface area contributed by atoms with E-state index in [0.29, 0.717) is 0 Å². The lowest BCUT2D eigenvalue weighted by atomic mass is 10.2. The molecule has 1 saturated heterocycles. The molecule has 0 atom stereocenters. The molecule has 3 heterocycles. The van der Waals surface area contributed by atoms with Gasteiger partial charge in [0.05, 0.1) is 0 Å². The van der Waals surface area contributed by atoms with Crippen molar-refractivity contribution < 1.29 is 4.79 Å². The second-order valence-corrected chi connectivity index (χ2v) is 7.99. The van der Waals surface area contributed by atoms with Crippen molar-refractivity contribution in [3.05, 3.63) is 52.6 Å². The van der Waals surface area contributed by atoms with Gasteiger partial charge in [-0.3, -0.25) is 9.69 Å². The monoisotopic (exact) mass is 402 g/mol. The Labute approximate surface area is 166 Å². The maximum Gasteiger partial charge on any atom is 0.244 e. The lowest BCUT2D eigenvalue weighted by Gasteiger charge is -2.34. The van der Waals surface area contributed by atoms with E-state index in [9.17, 15) is 4.79 Å². The van der Waals surface area contributed by atoms with Gasteiger partial charge in [0.1, 0.15) is 12.9 Å². The van der Waals surface area contributed by atoms with E-state index in [1.54, 1.807) is 11.3 Å². The average molecular weight is 403 g/mol. The molecule has 0 saturated carbocycles. The zero-order valence-corrected chi connectivity index (χ0v) is 16.2. The lowest BCUT2D eigenvalue weighted by molar-refractivity contribution is -0.133. The summed E-state index contributed by atoms with van der Waals surface area (Å²) in [4.78, 5) is 19.0. The number of carbonyl (C=O) groups excluding carboxylic acids is 1. The van der Waals surface area contributed by atoms with E-state index >= 15 is 0 Å². The van der Waals surface area contributed by atoms with Crippen LogP contribution in [0.5, 0.6) is 0 Å². The summed E-state index contributed by atoms with van der Waals surface area (Å²) < 4.78 is 1.45. The highest BCUT2D eigenvalue weighted by Gasteiger charge is 2.22. The Morgan fingerprint density at radius 2 is 1.93 bits per heavy atom. The standard InChI is InChI=1S/C18H19ClN6OS/c19-16-4-2-1-3-15(16)17-6-5-14(27-17)11-23-7-9-24(10-8-23)18(26)12-25-13-20-21-22-25/h1-6,13H,7-12H2. The number of tetrazole rings is 1. The van der Waals surface area contributed by atoms with Gasteiger partial charge in [0.15, 0.2) is 0 Å². The van der Waals surface area contributed by atoms with Crippen LogP contribution in [-0.4, -0.2) is 62.1 Å². The van der Waals surface area contributed by atoms with Crippen LogP contribution in [0.1, 0.15) is 4.88 Å². The smallest absolute Gasteiger partial charge is 0.244 e. The van der Waals surface area contributed by atoms with E-state index in [0.717, 1.165) is 43.3 Å². The highest BCUT2D eigenvalue weighted by atomic mass is 35.5. The van der Waals surface area contributed by atoms with E-state index in [2.05, 4.69) is 32.6 Å². The molecular weight excluding hydrogens is 384 g/mol. The average Bonchev–Trinajstić information content (AvgIpc) is 3.35. The summed E-state index contributed by atoms with van der Waals surface area (Å²) in [6, 6.07) is 12.2. The molecule has 1 aromatic carbocycles. The molecule has 3 aromatic rings. The van der Waals surface area contributed by atoms with E-state index in [1.165, 1.54) is 20.8 Å². The number of rotatable bonds is 5. The van der Waals surface area contributed by atoms with Gasteiger partial charge in [0.2, 0.25) is 5.91 Å². The topological polar surface area (TPSA) is 67.2 Å². The fourth-order valence-corrected chi connectivity index (χ4v) is 4.52. The van der Waals surface area contributed by atoms with Crippen LogP contribution < -0.4 is 0 Å². The van der Waals surface area contributed by atoms with Gasteiger partial charge in [-0.05, 0) is 28.6 Å². The third-order valence-electron chi connectivity index (χ3n) is 4.59. The maximum atomic E-state index is 12.3. The van der Waals surface area contributed by atoms with Crippen LogP contribution >= 0.6 is 22.9 Å². The summed E-state index contributed by atoms with van der Waals surface area (Å²) in [6.45, 7) is 4.26. The van der Waals surface area contributed by atoms with Crippen molar-refractivity contribution in [1.29, 1.82) is 0 Å². The summed E-state index contributed by atoms with van der Waals surface area (Å²) in [7, 11) is 0. The van der Waals surface area contributed by atoms with Crippen molar-refractivity contribution >= 4 is 28.8 Å². The Bertz CT molecular complexity index is 904. The van der Waals surface area contributed by atoms with Crippen LogP contribution in [-0.2, 0) is 17.9 Å². The summed E-state index contributed by atoms with van der Waals surface area (Å²) in [5, 5.41) is 11.6. The lowest BCUT2D eigenvalue weighted by Crippen LogP contribution is -2.49. The minimum absolute atomic E-state index is 0.0547. The molecule has 1 fully saturated rings. The van der Waals surface area contributed by atoms with Crippen LogP contribution in [0.2, 0.25) is 5.02 Å². The van der Waals surface area contributed by atoms with Crippen molar-refractivity contribution in [2.24, 2.45) is 0 Å². The number of benzene rings is 1. The molecule has 0 radical (unpaired) electrons. The van der Waals surface area contributed by atoms with Crippen molar-refractivity contribution in [2.45, 2.75) is 13.1 Å². The van der Waals surface area contributed by atoms with E-state index in [4.69, 9.17) is 11.6 Å². The number of aromatic nitrogens is 4. The summed E-state index contributed by atoms with van der Waals surface area (Å²) in [5.41, 5.74) is 1.08. The highest BCUT2D eigenvalue weighted by Crippen LogP contribution is 2.33. The molecular formula is C18H19ClN6OS. The van der Waals surface area contributed by atoms with Gasteiger partial charge in [0.25, 0.3) is 0 Å². The van der Waals surface area contributed by atoms with Crippen molar-refractivity contribution in [2.75, 3.05) is 26.2 Å². The number of hydrogen-bond donors (Lipinski definition) is 0. The molecule has 0 unspecified atom stereocenters. The Morgan fingerprint density at radius 3 is 2.67 bits per heavy atom. The first kappa shape index (κ1) is 18.1. The van der Waals surface area contributed by atoms with Gasteiger partial charge in [0, 0.05) is 53.1 Å². The molecule has 1 aliphatic heterocycles. The predicted molar refractivity (Wildman–Crippen MR) is 104 cm³/mol. The van der Waals surface area contributed by atoms with Gasteiger partial charge in [-0.15, -0.1) is 16.4 Å². The first-order chi connectivity index (χ1) is 13.2. The largest absolute Gasteiger partial charge is 0.339 e. The quantitative estimate of drug-likeness (QED) is 0.655. The summed E-state index contributed by atoms with van der Waals surface area (Å²) >= 11 is 8.07. The van der Waals surface area contributed by atoms with E-state index in [1.807, 2.05) is 29.2 Å². The Hall–Kier alpha value is -2.29. The third kappa shape index (κ3) is 4.35. The molecule has 0 N–H and O–H groups in total. The second kappa shape index (κ2) is 8.16. The van der Waals surface area contributed by atoms with Gasteiger partial charge in [-0.1, -0.05) is 29.8 Å². The summed E-state index contributed by atoms with van der Waals surface area (Å²) in [5.74, 6) is 0.0547. The van der Waals surface area contributed by atoms with Crippen LogP contribution in [0.4, 0.5) is 0 Å². The van der Waals surface area contributed by atoms with Crippen molar-refractivity contribution in [3.8, 4) is 10.4 Å². The fourth-order valence-electron chi connectivity index (χ4n) is 3.14. The fraction of sp³-hybridized carbons (Fsp3) is 0.333. The van der Waals surface area contributed by atoms with Crippen molar-refractivity contribution in [1.82, 2.24) is 30.0 Å². The van der Waals surface area contributed by atoms with Crippen LogP contribution in [0, 0.1) is 0 Å². The maximum absolute atomic E-state index is 12.3. The van der Waals surface area contributed by atoms with E-state index in [-0.39, 0.29) is 12.5 Å². The number of carbonyl (C=O) groups is 1. The SMILES string of the molecule is O=C(Cn1cnnn1)N1CCN(Cc2ccc(-c3ccccc3Cl)s2)CC1. The third-order valence-corrected chi connectivity index (χ3v) is 6.03. The number of amides is 1. The molecule has 4 rings (SSSR count). The first-order valence-corrected chi connectivity index (χ1v) is 9.93. The van der Waals surface area contributed by atoms with Gasteiger partial charge >= 0.3 is 0 Å². The molecule has 0 aliphatic carbocycles. The molecule has 140 valence electrons. The zero-order chi connectivity index (χ0) is 18.6. The summed E-state index contributed by atoms with van der Waals surface area (Å²) in [6.07, 6.45) is 1.46. The number of thiophene rings is 1. The Morgan fingerprint density at radius 1 is 1.11 bits per heavy atom. The zero-order valence-electron chi connectivity index (χ0n) is 14.7.